The van der Waals surface area contributed by atoms with E-state index in [0.29, 0.717) is 5.92 Å². The molecule has 1 aliphatic carbocycles. The number of hydrogen-bond acceptors (Lipinski definition) is 5. The van der Waals surface area contributed by atoms with Crippen molar-refractivity contribution in [3.05, 3.63) is 29.8 Å². The molecule has 26 heavy (non-hydrogen) atoms. The Bertz CT molecular complexity index is 591. The zero-order valence-electron chi connectivity index (χ0n) is 15.6. The maximum absolute atomic E-state index is 11.2. The number of carboxylic acid groups (broad SMARTS) is 2. The standard InChI is InChI=1S/C16H25NO2.C3H4O4/c1-17(2)12-14-7-4-5-10-16(14,18)13-8-6-9-15(11-13)19-3;4-2(5)1-3(6)7/h6,8-9,11,14,18H,4-5,7,10,12H2,1-3H3;1H2,(H,4,5)(H,6,7)/t14-,16+;/m1./s1. The second-order valence-corrected chi connectivity index (χ2v) is 6.83. The van der Waals surface area contributed by atoms with Gasteiger partial charge >= 0.3 is 11.9 Å². The van der Waals surface area contributed by atoms with E-state index in [4.69, 9.17) is 14.9 Å². The Balaban J connectivity index is 0.000000412. The lowest BCUT2D eigenvalue weighted by molar-refractivity contribution is -0.147. The number of carboxylic acids is 2. The number of benzene rings is 1. The van der Waals surface area contributed by atoms with Gasteiger partial charge in [0.2, 0.25) is 0 Å². The summed E-state index contributed by atoms with van der Waals surface area (Å²) in [4.78, 5) is 21.0. The molecule has 0 aliphatic heterocycles. The van der Waals surface area contributed by atoms with Crippen molar-refractivity contribution in [1.29, 1.82) is 0 Å². The van der Waals surface area contributed by atoms with Crippen LogP contribution in [0.4, 0.5) is 0 Å². The van der Waals surface area contributed by atoms with E-state index >= 15 is 0 Å². The molecular weight excluding hydrogens is 338 g/mol. The van der Waals surface area contributed by atoms with E-state index in [1.54, 1.807) is 7.11 Å². The third-order valence-electron chi connectivity index (χ3n) is 4.49. The minimum atomic E-state index is -1.31. The number of rotatable bonds is 6. The maximum Gasteiger partial charge on any atom is 0.314 e. The molecule has 1 fully saturated rings. The van der Waals surface area contributed by atoms with Gasteiger partial charge in [-0.2, -0.15) is 0 Å². The molecular formula is C19H29NO6. The lowest BCUT2D eigenvalue weighted by atomic mass is 9.71. The molecule has 0 amide bonds. The van der Waals surface area contributed by atoms with Gasteiger partial charge in [0.25, 0.3) is 0 Å². The van der Waals surface area contributed by atoms with Gasteiger partial charge in [0.15, 0.2) is 0 Å². The van der Waals surface area contributed by atoms with Crippen molar-refractivity contribution in [3.63, 3.8) is 0 Å². The average Bonchev–Trinajstić information content (AvgIpc) is 2.56. The molecule has 0 aromatic heterocycles. The molecule has 7 nitrogen and oxygen atoms in total. The van der Waals surface area contributed by atoms with Crippen LogP contribution in [0, 0.1) is 5.92 Å². The summed E-state index contributed by atoms with van der Waals surface area (Å²) in [6.45, 7) is 0.924. The van der Waals surface area contributed by atoms with Crippen LogP contribution in [-0.4, -0.2) is 59.9 Å². The van der Waals surface area contributed by atoms with Crippen LogP contribution in [0.3, 0.4) is 0 Å². The molecule has 1 aromatic carbocycles. The van der Waals surface area contributed by atoms with E-state index in [1.807, 2.05) is 24.3 Å². The van der Waals surface area contributed by atoms with Crippen LogP contribution in [0.5, 0.6) is 5.75 Å². The number of aliphatic carboxylic acids is 2. The molecule has 146 valence electrons. The molecule has 0 spiro atoms. The maximum atomic E-state index is 11.2. The third kappa shape index (κ3) is 6.65. The highest BCUT2D eigenvalue weighted by Gasteiger charge is 2.40. The Morgan fingerprint density at radius 1 is 1.23 bits per heavy atom. The highest BCUT2D eigenvalue weighted by molar-refractivity contribution is 5.88. The van der Waals surface area contributed by atoms with E-state index in [1.165, 1.54) is 6.42 Å². The molecule has 0 saturated heterocycles. The topological polar surface area (TPSA) is 107 Å². The van der Waals surface area contributed by atoms with Crippen molar-refractivity contribution in [2.75, 3.05) is 27.7 Å². The summed E-state index contributed by atoms with van der Waals surface area (Å²) in [7, 11) is 5.81. The Labute approximate surface area is 154 Å². The molecule has 2 rings (SSSR count). The van der Waals surface area contributed by atoms with Crippen molar-refractivity contribution in [1.82, 2.24) is 4.90 Å². The first-order valence-corrected chi connectivity index (χ1v) is 8.64. The van der Waals surface area contributed by atoms with Crippen LogP contribution in [0.15, 0.2) is 24.3 Å². The smallest absolute Gasteiger partial charge is 0.314 e. The number of aliphatic hydroxyl groups is 1. The fourth-order valence-corrected chi connectivity index (χ4v) is 3.31. The lowest BCUT2D eigenvalue weighted by Crippen LogP contribution is -2.43. The number of carbonyl (C=O) groups is 2. The fourth-order valence-electron chi connectivity index (χ4n) is 3.31. The van der Waals surface area contributed by atoms with Gasteiger partial charge in [0, 0.05) is 12.5 Å². The highest BCUT2D eigenvalue weighted by atomic mass is 16.5. The van der Waals surface area contributed by atoms with Crippen LogP contribution in [-0.2, 0) is 15.2 Å². The second-order valence-electron chi connectivity index (χ2n) is 6.83. The van der Waals surface area contributed by atoms with Crippen LogP contribution in [0.1, 0.15) is 37.7 Å². The van der Waals surface area contributed by atoms with Crippen LogP contribution in [0.25, 0.3) is 0 Å². The Hall–Kier alpha value is -2.12. The van der Waals surface area contributed by atoms with Gasteiger partial charge < -0.3 is 25.0 Å². The van der Waals surface area contributed by atoms with E-state index in [0.717, 1.165) is 37.1 Å². The molecule has 3 N–H and O–H groups in total. The Morgan fingerprint density at radius 2 is 1.88 bits per heavy atom. The first kappa shape index (κ1) is 21.9. The summed E-state index contributed by atoms with van der Waals surface area (Å²) in [6.07, 6.45) is 3.44. The molecule has 0 radical (unpaired) electrons. The van der Waals surface area contributed by atoms with Gasteiger partial charge in [-0.15, -0.1) is 0 Å². The molecule has 0 bridgehead atoms. The van der Waals surface area contributed by atoms with Crippen LogP contribution < -0.4 is 4.74 Å². The minimum absolute atomic E-state index is 0.295. The quantitative estimate of drug-likeness (QED) is 0.662. The molecule has 1 aliphatic rings. The number of nitrogens with zero attached hydrogens (tertiary/aromatic N) is 1. The predicted molar refractivity (Wildman–Crippen MR) is 97.3 cm³/mol. The largest absolute Gasteiger partial charge is 0.497 e. The monoisotopic (exact) mass is 367 g/mol. The molecule has 1 aromatic rings. The predicted octanol–water partition coefficient (Wildman–Crippen LogP) is 2.18. The first-order chi connectivity index (χ1) is 12.2. The van der Waals surface area contributed by atoms with Crippen molar-refractivity contribution in [3.8, 4) is 5.75 Å². The van der Waals surface area contributed by atoms with Gasteiger partial charge in [-0.1, -0.05) is 25.0 Å². The highest BCUT2D eigenvalue weighted by Crippen LogP contribution is 2.42. The summed E-state index contributed by atoms with van der Waals surface area (Å²) in [5.74, 6) is -1.51. The summed E-state index contributed by atoms with van der Waals surface area (Å²) in [5, 5.41) is 26.6. The first-order valence-electron chi connectivity index (χ1n) is 8.64. The third-order valence-corrected chi connectivity index (χ3v) is 4.49. The molecule has 0 unspecified atom stereocenters. The van der Waals surface area contributed by atoms with Crippen molar-refractivity contribution >= 4 is 11.9 Å². The van der Waals surface area contributed by atoms with E-state index in [9.17, 15) is 14.7 Å². The summed E-state index contributed by atoms with van der Waals surface area (Å²) in [5.41, 5.74) is 0.287. The summed E-state index contributed by atoms with van der Waals surface area (Å²) in [6, 6.07) is 7.90. The summed E-state index contributed by atoms with van der Waals surface area (Å²) >= 11 is 0. The normalized spacial score (nSPS) is 22.3. The van der Waals surface area contributed by atoms with Crippen molar-refractivity contribution in [2.45, 2.75) is 37.7 Å². The molecule has 0 heterocycles. The average molecular weight is 367 g/mol. The molecule has 2 atom stereocenters. The second kappa shape index (κ2) is 10.1. The van der Waals surface area contributed by atoms with Crippen molar-refractivity contribution < 1.29 is 29.6 Å². The fraction of sp³-hybridized carbons (Fsp3) is 0.579. The van der Waals surface area contributed by atoms with Gasteiger partial charge in [-0.25, -0.2) is 0 Å². The Kier molecular flexibility index (Phi) is 8.54. The van der Waals surface area contributed by atoms with Gasteiger partial charge in [-0.05, 0) is 44.6 Å². The van der Waals surface area contributed by atoms with Crippen LogP contribution in [0.2, 0.25) is 0 Å². The van der Waals surface area contributed by atoms with E-state index in [2.05, 4.69) is 19.0 Å². The molecule has 7 heteroatoms. The van der Waals surface area contributed by atoms with E-state index in [-0.39, 0.29) is 0 Å². The minimum Gasteiger partial charge on any atom is -0.497 e. The van der Waals surface area contributed by atoms with Gasteiger partial charge in [-0.3, -0.25) is 9.59 Å². The van der Waals surface area contributed by atoms with Gasteiger partial charge in [0.1, 0.15) is 12.2 Å². The number of methoxy groups -OCH3 is 1. The lowest BCUT2D eigenvalue weighted by Gasteiger charge is -2.41. The van der Waals surface area contributed by atoms with Crippen molar-refractivity contribution in [2.24, 2.45) is 5.92 Å². The molecule has 1 saturated carbocycles. The Morgan fingerprint density at radius 3 is 2.38 bits per heavy atom. The number of hydrogen-bond donors (Lipinski definition) is 3. The SMILES string of the molecule is COc1cccc([C@@]2(O)CCCC[C@@H]2CN(C)C)c1.O=C(O)CC(=O)O. The van der Waals surface area contributed by atoms with Crippen LogP contribution >= 0.6 is 0 Å². The zero-order valence-corrected chi connectivity index (χ0v) is 15.6. The van der Waals surface area contributed by atoms with Gasteiger partial charge in [0.05, 0.1) is 12.7 Å². The zero-order chi connectivity index (χ0) is 19.7. The number of ether oxygens (including phenoxy) is 1. The summed E-state index contributed by atoms with van der Waals surface area (Å²) < 4.78 is 5.29. The van der Waals surface area contributed by atoms with E-state index < -0.39 is 24.0 Å².